The van der Waals surface area contributed by atoms with Crippen LogP contribution in [0.25, 0.3) is 16.7 Å². The molecule has 8 heteroatoms. The number of anilines is 1. The van der Waals surface area contributed by atoms with Crippen LogP contribution in [-0.2, 0) is 11.2 Å². The molecule has 1 aromatic carbocycles. The summed E-state index contributed by atoms with van der Waals surface area (Å²) in [6.07, 6.45) is 8.43. The number of nitrogens with one attached hydrogen (secondary N) is 1. The molecule has 0 aliphatic carbocycles. The number of nitrogens with zero attached hydrogens (tertiary/aromatic N) is 6. The van der Waals surface area contributed by atoms with E-state index in [0.29, 0.717) is 13.0 Å². The molecule has 1 fully saturated rings. The number of likely N-dealkylation sites (tertiary alicyclic amines) is 1. The van der Waals surface area contributed by atoms with Crippen molar-refractivity contribution < 1.29 is 4.79 Å². The Morgan fingerprint density at radius 1 is 1.12 bits per heavy atom. The number of pyridine rings is 1. The van der Waals surface area contributed by atoms with E-state index in [0.717, 1.165) is 59.9 Å². The molecular weight excluding hydrogens is 414 g/mol. The van der Waals surface area contributed by atoms with Gasteiger partial charge in [0.2, 0.25) is 5.91 Å². The first-order valence-corrected chi connectivity index (χ1v) is 11.5. The minimum atomic E-state index is 0.00549. The van der Waals surface area contributed by atoms with Gasteiger partial charge >= 0.3 is 0 Å². The molecule has 5 rings (SSSR count). The van der Waals surface area contributed by atoms with E-state index in [9.17, 15) is 4.79 Å². The molecule has 0 radical (unpaired) electrons. The molecule has 3 aromatic heterocycles. The highest BCUT2D eigenvalue weighted by Gasteiger charge is 2.30. The van der Waals surface area contributed by atoms with E-state index in [4.69, 9.17) is 4.98 Å². The fourth-order valence-electron chi connectivity index (χ4n) is 4.51. The van der Waals surface area contributed by atoms with E-state index >= 15 is 0 Å². The standard InChI is InChI=1S/C25H27N7O/c1-2-22-26-14-16-32(22)23-11-5-9-20(30-23)21-10-6-15-31(21)24(33)12-13-27-25-18-7-3-4-8-19(18)28-17-29-25/h3-5,7-9,11,14,16-17,21H,2,6,10,12-13,15H2,1H3,(H,27,28,29)/t21-/m0/s1. The Balaban J connectivity index is 1.27. The first-order valence-electron chi connectivity index (χ1n) is 11.5. The van der Waals surface area contributed by atoms with Gasteiger partial charge in [0, 0.05) is 43.7 Å². The second-order valence-corrected chi connectivity index (χ2v) is 8.15. The molecule has 0 saturated carbocycles. The van der Waals surface area contributed by atoms with Crippen molar-refractivity contribution in [1.82, 2.24) is 29.4 Å². The predicted octanol–water partition coefficient (Wildman–Crippen LogP) is 3.94. The molecule has 1 amide bonds. The third-order valence-corrected chi connectivity index (χ3v) is 6.13. The molecule has 1 aliphatic heterocycles. The van der Waals surface area contributed by atoms with Crippen LogP contribution in [0.3, 0.4) is 0 Å². The van der Waals surface area contributed by atoms with Gasteiger partial charge in [0.05, 0.1) is 17.3 Å². The molecule has 8 nitrogen and oxygen atoms in total. The Bertz CT molecular complexity index is 1260. The summed E-state index contributed by atoms with van der Waals surface area (Å²) in [5.74, 6) is 2.71. The molecule has 168 valence electrons. The zero-order valence-corrected chi connectivity index (χ0v) is 18.7. The van der Waals surface area contributed by atoms with Gasteiger partial charge in [0.25, 0.3) is 0 Å². The van der Waals surface area contributed by atoms with Crippen LogP contribution in [0.15, 0.2) is 61.2 Å². The van der Waals surface area contributed by atoms with Gasteiger partial charge in [-0.1, -0.05) is 25.1 Å². The minimum Gasteiger partial charge on any atom is -0.369 e. The second-order valence-electron chi connectivity index (χ2n) is 8.15. The van der Waals surface area contributed by atoms with Crippen LogP contribution < -0.4 is 5.32 Å². The van der Waals surface area contributed by atoms with Crippen molar-refractivity contribution in [1.29, 1.82) is 0 Å². The first-order chi connectivity index (χ1) is 16.2. The SMILES string of the molecule is CCc1nccn1-c1cccc([C@@H]2CCCN2C(=O)CCNc2ncnc3ccccc23)n1. The number of amides is 1. The molecule has 1 N–H and O–H groups in total. The maximum atomic E-state index is 13.1. The number of aromatic nitrogens is 5. The van der Waals surface area contributed by atoms with Gasteiger partial charge in [-0.05, 0) is 37.1 Å². The topological polar surface area (TPSA) is 88.8 Å². The average molecular weight is 442 g/mol. The lowest BCUT2D eigenvalue weighted by Gasteiger charge is -2.25. The molecule has 1 saturated heterocycles. The zero-order valence-electron chi connectivity index (χ0n) is 18.7. The summed E-state index contributed by atoms with van der Waals surface area (Å²) in [6, 6.07) is 13.9. The van der Waals surface area contributed by atoms with Gasteiger partial charge in [-0.2, -0.15) is 0 Å². The molecule has 0 bridgehead atoms. The van der Waals surface area contributed by atoms with Crippen LogP contribution in [0.4, 0.5) is 5.82 Å². The molecule has 0 unspecified atom stereocenters. The normalized spacial score (nSPS) is 15.8. The largest absolute Gasteiger partial charge is 0.369 e. The van der Waals surface area contributed by atoms with Gasteiger partial charge in [-0.25, -0.2) is 19.9 Å². The smallest absolute Gasteiger partial charge is 0.224 e. The number of carbonyl (C=O) groups excluding carboxylic acids is 1. The number of hydrogen-bond acceptors (Lipinski definition) is 6. The van der Waals surface area contributed by atoms with E-state index in [2.05, 4.69) is 27.2 Å². The highest BCUT2D eigenvalue weighted by Crippen LogP contribution is 2.32. The van der Waals surface area contributed by atoms with Crippen molar-refractivity contribution in [3.05, 3.63) is 72.7 Å². The number of hydrogen-bond donors (Lipinski definition) is 1. The molecule has 4 aromatic rings. The summed E-state index contributed by atoms with van der Waals surface area (Å²) in [5, 5.41) is 4.27. The monoisotopic (exact) mass is 441 g/mol. The van der Waals surface area contributed by atoms with Crippen LogP contribution in [0.5, 0.6) is 0 Å². The average Bonchev–Trinajstić information content (AvgIpc) is 3.54. The lowest BCUT2D eigenvalue weighted by Crippen LogP contribution is -2.32. The molecule has 1 atom stereocenters. The number of para-hydroxylation sites is 1. The number of benzene rings is 1. The van der Waals surface area contributed by atoms with Gasteiger partial charge < -0.3 is 10.2 Å². The van der Waals surface area contributed by atoms with Crippen LogP contribution in [0, 0.1) is 0 Å². The second kappa shape index (κ2) is 9.36. The number of fused-ring (bicyclic) bond motifs is 1. The third-order valence-electron chi connectivity index (χ3n) is 6.13. The summed E-state index contributed by atoms with van der Waals surface area (Å²) >= 11 is 0. The Morgan fingerprint density at radius 3 is 2.94 bits per heavy atom. The van der Waals surface area contributed by atoms with Crippen molar-refractivity contribution in [3.63, 3.8) is 0 Å². The minimum absolute atomic E-state index is 0.00549. The Morgan fingerprint density at radius 2 is 2.03 bits per heavy atom. The predicted molar refractivity (Wildman–Crippen MR) is 127 cm³/mol. The number of rotatable bonds is 7. The molecule has 0 spiro atoms. The van der Waals surface area contributed by atoms with E-state index in [1.165, 1.54) is 0 Å². The van der Waals surface area contributed by atoms with Crippen molar-refractivity contribution in [2.75, 3.05) is 18.4 Å². The Hall–Kier alpha value is -3.81. The summed E-state index contributed by atoms with van der Waals surface area (Å²) in [5.41, 5.74) is 1.82. The molecule has 4 heterocycles. The molecule has 1 aliphatic rings. The maximum absolute atomic E-state index is 13.1. The van der Waals surface area contributed by atoms with Crippen molar-refractivity contribution >= 4 is 22.6 Å². The summed E-state index contributed by atoms with van der Waals surface area (Å²) in [7, 11) is 0. The highest BCUT2D eigenvalue weighted by molar-refractivity contribution is 5.88. The first kappa shape index (κ1) is 21.1. The number of carbonyl (C=O) groups is 1. The summed E-state index contributed by atoms with van der Waals surface area (Å²) in [4.78, 5) is 33.0. The Labute approximate surface area is 192 Å². The van der Waals surface area contributed by atoms with Crippen LogP contribution in [-0.4, -0.2) is 48.4 Å². The van der Waals surface area contributed by atoms with E-state index in [1.807, 2.05) is 58.1 Å². The van der Waals surface area contributed by atoms with Gasteiger partial charge in [-0.3, -0.25) is 9.36 Å². The van der Waals surface area contributed by atoms with E-state index in [1.54, 1.807) is 12.5 Å². The fourth-order valence-corrected chi connectivity index (χ4v) is 4.51. The summed E-state index contributed by atoms with van der Waals surface area (Å²) in [6.45, 7) is 3.36. The zero-order chi connectivity index (χ0) is 22.6. The van der Waals surface area contributed by atoms with Crippen molar-refractivity contribution in [2.24, 2.45) is 0 Å². The van der Waals surface area contributed by atoms with Gasteiger partial charge in [0.1, 0.15) is 23.8 Å². The van der Waals surface area contributed by atoms with Crippen molar-refractivity contribution in [2.45, 2.75) is 38.6 Å². The molecule has 33 heavy (non-hydrogen) atoms. The highest BCUT2D eigenvalue weighted by atomic mass is 16.2. The van der Waals surface area contributed by atoms with Crippen LogP contribution in [0.1, 0.15) is 43.7 Å². The third kappa shape index (κ3) is 4.28. The summed E-state index contributed by atoms with van der Waals surface area (Å²) < 4.78 is 2.01. The number of imidazole rings is 1. The van der Waals surface area contributed by atoms with Crippen LogP contribution >= 0.6 is 0 Å². The van der Waals surface area contributed by atoms with Crippen molar-refractivity contribution in [3.8, 4) is 5.82 Å². The quantitative estimate of drug-likeness (QED) is 0.467. The lowest BCUT2D eigenvalue weighted by atomic mass is 10.1. The van der Waals surface area contributed by atoms with E-state index < -0.39 is 0 Å². The lowest BCUT2D eigenvalue weighted by molar-refractivity contribution is -0.131. The van der Waals surface area contributed by atoms with Gasteiger partial charge in [-0.15, -0.1) is 0 Å². The number of aryl methyl sites for hydroxylation is 1. The molecular formula is C25H27N7O. The van der Waals surface area contributed by atoms with Gasteiger partial charge in [0.15, 0.2) is 0 Å². The fraction of sp³-hybridized carbons (Fsp3) is 0.320. The Kier molecular flexibility index (Phi) is 5.97. The maximum Gasteiger partial charge on any atom is 0.224 e. The van der Waals surface area contributed by atoms with Crippen LogP contribution in [0.2, 0.25) is 0 Å². The van der Waals surface area contributed by atoms with E-state index in [-0.39, 0.29) is 11.9 Å².